The highest BCUT2D eigenvalue weighted by atomic mass is 32.1. The second-order valence-electron chi connectivity index (χ2n) is 33.6. The molecule has 0 aliphatic carbocycles. The summed E-state index contributed by atoms with van der Waals surface area (Å²) in [5.74, 6) is 0. The van der Waals surface area contributed by atoms with E-state index < -0.39 is 0 Å². The summed E-state index contributed by atoms with van der Waals surface area (Å²) in [5, 5.41) is 7.54. The van der Waals surface area contributed by atoms with Crippen LogP contribution in [-0.2, 0) is 21.7 Å². The van der Waals surface area contributed by atoms with E-state index in [1.54, 1.807) is 0 Å². The molecule has 3 nitrogen and oxygen atoms in total. The first-order chi connectivity index (χ1) is 51.1. The van der Waals surface area contributed by atoms with Crippen LogP contribution in [0.4, 0.5) is 34.1 Å². The molecule has 2 aliphatic rings. The lowest BCUT2D eigenvalue weighted by molar-refractivity contribution is 0.569. The quantitative estimate of drug-likeness (QED) is 0.141. The van der Waals surface area contributed by atoms with Crippen molar-refractivity contribution in [3.8, 4) is 61.3 Å². The van der Waals surface area contributed by atoms with Crippen molar-refractivity contribution in [2.45, 2.75) is 105 Å². The SMILES string of the molecule is CC(C)(C)c1cc(-c2ccc3c(c2)N(c2c(-c4ccccc4)cc(C(C)(C)C)cc2-c2ccccc2)c2cc(-n4c5ccccc5c5ccccc54)cc4c2B3c2ccccc2N4c2c(-c3cccc4sc5ccccc5c34)cc(C(C)(C)C)cc2-c2cccc3sc4ccccc4c23)cc(C(C)(C)C)c1. The minimum absolute atomic E-state index is 0.0999. The summed E-state index contributed by atoms with van der Waals surface area (Å²) in [7, 11) is 0. The number of anilines is 6. The molecule has 0 atom stereocenters. The fourth-order valence-electron chi connectivity index (χ4n) is 17.3. The van der Waals surface area contributed by atoms with Crippen LogP contribution in [0.25, 0.3) is 123 Å². The zero-order valence-electron chi connectivity index (χ0n) is 62.4. The van der Waals surface area contributed by atoms with E-state index >= 15 is 0 Å². The lowest BCUT2D eigenvalue weighted by atomic mass is 9.33. The Morgan fingerprint density at radius 2 is 0.660 bits per heavy atom. The molecule has 0 N–H and O–H groups in total. The highest BCUT2D eigenvalue weighted by molar-refractivity contribution is 7.26. The smallest absolute Gasteiger partial charge is 0.252 e. The Bertz CT molecular complexity index is 6170. The van der Waals surface area contributed by atoms with E-state index in [9.17, 15) is 0 Å². The first kappa shape index (κ1) is 65.7. The van der Waals surface area contributed by atoms with Crippen LogP contribution in [-0.4, -0.2) is 11.3 Å². The van der Waals surface area contributed by atoms with Crippen LogP contribution in [0, 0.1) is 0 Å². The normalized spacial score (nSPS) is 13.2. The summed E-state index contributed by atoms with van der Waals surface area (Å²) in [4.78, 5) is 5.52. The molecule has 0 radical (unpaired) electrons. The van der Waals surface area contributed by atoms with E-state index in [1.165, 1.54) is 134 Å². The molecule has 2 aliphatic heterocycles. The highest BCUT2D eigenvalue weighted by Gasteiger charge is 2.46. The Balaban J connectivity index is 1.03. The minimum Gasteiger partial charge on any atom is -0.310 e. The molecule has 19 rings (SSSR count). The van der Waals surface area contributed by atoms with Gasteiger partial charge in [-0.1, -0.05) is 289 Å². The molecule has 6 heteroatoms. The molecule has 3 aromatic heterocycles. The van der Waals surface area contributed by atoms with Gasteiger partial charge in [0.25, 0.3) is 6.71 Å². The summed E-state index contributed by atoms with van der Waals surface area (Å²) in [6.07, 6.45) is 0. The largest absolute Gasteiger partial charge is 0.310 e. The van der Waals surface area contributed by atoms with Crippen LogP contribution in [0.3, 0.4) is 0 Å². The molecule has 0 spiro atoms. The van der Waals surface area contributed by atoms with Gasteiger partial charge in [-0.3, -0.25) is 0 Å². The summed E-state index contributed by atoms with van der Waals surface area (Å²) in [6.45, 7) is 28.2. The van der Waals surface area contributed by atoms with Gasteiger partial charge in [-0.2, -0.15) is 0 Å². The van der Waals surface area contributed by atoms with Gasteiger partial charge in [0, 0.05) is 96.1 Å². The van der Waals surface area contributed by atoms with Crippen LogP contribution in [0.1, 0.15) is 105 Å². The standard InChI is InChI=1S/C100H84BN3S2/c1-97(2,3)65-51-64(52-66(54-65)98(4,5)6)63-49-50-81-85(53-63)104(95-76(61-31-15-13-16-32-61)55-67(99(7,8)9)56-77(95)62-33-17-14-18-34-62)87-60-69(102-82-42-24-19-35-70(82)71-36-20-25-43-83(71)102)59-86-94(87)101(81)80-41-23-26-44-84(80)103(86)96-78(72-39-29-47-90-92(72)74-37-21-27-45-88(74)105-90)57-68(100(10,11)12)58-79(96)73-40-30-48-91-93(73)75-38-22-28-46-89(75)106-91/h13-60H,1-12H3. The van der Waals surface area contributed by atoms with Crippen LogP contribution in [0.5, 0.6) is 0 Å². The van der Waals surface area contributed by atoms with Crippen LogP contribution in [0.15, 0.2) is 291 Å². The summed E-state index contributed by atoms with van der Waals surface area (Å²) < 4.78 is 7.69. The van der Waals surface area contributed by atoms with E-state index in [0.29, 0.717) is 0 Å². The van der Waals surface area contributed by atoms with E-state index in [0.717, 1.165) is 62.0 Å². The molecule has 5 heterocycles. The van der Waals surface area contributed by atoms with Gasteiger partial charge in [0.15, 0.2) is 0 Å². The zero-order valence-corrected chi connectivity index (χ0v) is 64.1. The predicted octanol–water partition coefficient (Wildman–Crippen LogP) is 27.1. The number of rotatable bonds is 8. The molecular weight excluding hydrogens is 1320 g/mol. The molecule has 514 valence electrons. The Hall–Kier alpha value is -11.0. The van der Waals surface area contributed by atoms with Crippen molar-refractivity contribution in [2.24, 2.45) is 0 Å². The molecular formula is C100H84BN3S2. The average molecular weight is 1400 g/mol. The molecule has 0 fully saturated rings. The van der Waals surface area contributed by atoms with Gasteiger partial charge in [-0.05, 0) is 179 Å². The summed E-state index contributed by atoms with van der Waals surface area (Å²) in [6, 6.07) is 113. The second kappa shape index (κ2) is 24.3. The summed E-state index contributed by atoms with van der Waals surface area (Å²) in [5.41, 5.74) is 30.4. The fraction of sp³-hybridized carbons (Fsp3) is 0.160. The van der Waals surface area contributed by atoms with Gasteiger partial charge in [0.1, 0.15) is 0 Å². The first-order valence-corrected chi connectivity index (χ1v) is 39.2. The summed E-state index contributed by atoms with van der Waals surface area (Å²) >= 11 is 3.79. The van der Waals surface area contributed by atoms with E-state index in [2.05, 4.69) is 389 Å². The number of para-hydroxylation sites is 3. The number of fused-ring (bicyclic) bond motifs is 13. The third-order valence-electron chi connectivity index (χ3n) is 22.8. The number of hydrogen-bond donors (Lipinski definition) is 0. The molecule has 17 aromatic rings. The maximum Gasteiger partial charge on any atom is 0.252 e. The lowest BCUT2D eigenvalue weighted by Gasteiger charge is -2.46. The van der Waals surface area contributed by atoms with Crippen molar-refractivity contribution in [2.75, 3.05) is 9.80 Å². The highest BCUT2D eigenvalue weighted by Crippen LogP contribution is 2.58. The third-order valence-corrected chi connectivity index (χ3v) is 25.0. The van der Waals surface area contributed by atoms with E-state index in [4.69, 9.17) is 0 Å². The van der Waals surface area contributed by atoms with Gasteiger partial charge < -0.3 is 14.4 Å². The second-order valence-corrected chi connectivity index (χ2v) is 35.8. The monoisotopic (exact) mass is 1400 g/mol. The van der Waals surface area contributed by atoms with Crippen molar-refractivity contribution in [1.29, 1.82) is 0 Å². The van der Waals surface area contributed by atoms with Gasteiger partial charge in [0.05, 0.1) is 28.1 Å². The van der Waals surface area contributed by atoms with E-state index in [-0.39, 0.29) is 28.4 Å². The predicted molar refractivity (Wildman–Crippen MR) is 463 cm³/mol. The number of thiophene rings is 2. The minimum atomic E-state index is -0.251. The Morgan fingerprint density at radius 1 is 0.264 bits per heavy atom. The number of benzene rings is 14. The number of hydrogen-bond acceptors (Lipinski definition) is 4. The Labute approximate surface area is 631 Å². The molecule has 0 bridgehead atoms. The maximum atomic E-state index is 2.77. The maximum absolute atomic E-state index is 2.77. The average Bonchev–Trinajstić information content (AvgIpc) is 1.39. The first-order valence-electron chi connectivity index (χ1n) is 37.6. The lowest BCUT2D eigenvalue weighted by Crippen LogP contribution is -2.61. The van der Waals surface area contributed by atoms with Crippen molar-refractivity contribution in [1.82, 2.24) is 4.57 Å². The Kier molecular flexibility index (Phi) is 15.0. The van der Waals surface area contributed by atoms with Gasteiger partial charge in [-0.15, -0.1) is 22.7 Å². The molecule has 0 unspecified atom stereocenters. The molecule has 0 amide bonds. The number of aromatic nitrogens is 1. The van der Waals surface area contributed by atoms with Gasteiger partial charge in [0.2, 0.25) is 0 Å². The fourth-order valence-corrected chi connectivity index (χ4v) is 19.5. The van der Waals surface area contributed by atoms with Crippen molar-refractivity contribution in [3.05, 3.63) is 313 Å². The van der Waals surface area contributed by atoms with Crippen LogP contribution < -0.4 is 26.2 Å². The van der Waals surface area contributed by atoms with Gasteiger partial charge >= 0.3 is 0 Å². The molecule has 14 aromatic carbocycles. The third kappa shape index (κ3) is 10.6. The van der Waals surface area contributed by atoms with Crippen molar-refractivity contribution in [3.63, 3.8) is 0 Å². The van der Waals surface area contributed by atoms with Crippen LogP contribution >= 0.6 is 22.7 Å². The van der Waals surface area contributed by atoms with Crippen molar-refractivity contribution < 1.29 is 0 Å². The van der Waals surface area contributed by atoms with Gasteiger partial charge in [-0.25, -0.2) is 0 Å². The zero-order chi connectivity index (χ0) is 72.4. The molecule has 0 saturated carbocycles. The van der Waals surface area contributed by atoms with Crippen LogP contribution in [0.2, 0.25) is 0 Å². The molecule has 106 heavy (non-hydrogen) atoms. The van der Waals surface area contributed by atoms with E-state index in [1.807, 2.05) is 22.7 Å². The topological polar surface area (TPSA) is 11.4 Å². The number of nitrogens with zero attached hydrogens (tertiary/aromatic N) is 3. The Morgan fingerprint density at radius 3 is 1.16 bits per heavy atom. The molecule has 0 saturated heterocycles. The van der Waals surface area contributed by atoms with Crippen molar-refractivity contribution >= 4 is 142 Å².